The monoisotopic (exact) mass is 306 g/mol. The van der Waals surface area contributed by atoms with E-state index < -0.39 is 5.97 Å². The van der Waals surface area contributed by atoms with Crippen molar-refractivity contribution in [2.24, 2.45) is 0 Å². The lowest BCUT2D eigenvalue weighted by Crippen LogP contribution is -2.44. The van der Waals surface area contributed by atoms with Crippen molar-refractivity contribution in [1.82, 2.24) is 10.2 Å². The molecular weight excluding hydrogens is 288 g/mol. The van der Waals surface area contributed by atoms with Gasteiger partial charge < -0.3 is 9.64 Å². The van der Waals surface area contributed by atoms with Crippen LogP contribution in [0.5, 0.6) is 0 Å². The second kappa shape index (κ2) is 7.17. The zero-order chi connectivity index (χ0) is 15.2. The maximum absolute atomic E-state index is 12.1. The molecule has 0 aliphatic carbocycles. The molecule has 0 radical (unpaired) electrons. The van der Waals surface area contributed by atoms with Gasteiger partial charge in [0.05, 0.1) is 12.7 Å². The third-order valence-corrected chi connectivity index (χ3v) is 3.79. The zero-order valence-electron chi connectivity index (χ0n) is 11.9. The van der Waals surface area contributed by atoms with Crippen molar-refractivity contribution < 1.29 is 14.3 Å². The molecule has 1 fully saturated rings. The number of amides is 1. The Morgan fingerprint density at radius 1 is 1.10 bits per heavy atom. The van der Waals surface area contributed by atoms with Crippen LogP contribution < -0.4 is 5.32 Å². The van der Waals surface area contributed by atoms with E-state index in [1.807, 2.05) is 4.90 Å². The first-order chi connectivity index (χ1) is 10.1. The van der Waals surface area contributed by atoms with Crippen molar-refractivity contribution in [3.63, 3.8) is 0 Å². The van der Waals surface area contributed by atoms with E-state index in [-0.39, 0.29) is 5.91 Å². The van der Waals surface area contributed by atoms with Crippen molar-refractivity contribution in [3.8, 4) is 0 Å². The van der Waals surface area contributed by atoms with Crippen LogP contribution in [-0.2, 0) is 4.74 Å². The predicted molar refractivity (Wildman–Crippen MR) is 83.3 cm³/mol. The van der Waals surface area contributed by atoms with Crippen LogP contribution in [0.2, 0.25) is 0 Å². The van der Waals surface area contributed by atoms with E-state index in [0.717, 1.165) is 25.9 Å². The molecule has 21 heavy (non-hydrogen) atoms. The number of esters is 1. The normalized spacial score (nSPS) is 14.4. The summed E-state index contributed by atoms with van der Waals surface area (Å²) in [4.78, 5) is 25.4. The summed E-state index contributed by atoms with van der Waals surface area (Å²) in [6, 6.07) is 6.29. The molecule has 1 saturated heterocycles. The van der Waals surface area contributed by atoms with Gasteiger partial charge in [0.15, 0.2) is 5.11 Å². The minimum Gasteiger partial charge on any atom is -0.465 e. The summed E-state index contributed by atoms with van der Waals surface area (Å²) in [5.74, 6) is -0.687. The number of benzene rings is 1. The molecule has 1 aliphatic heterocycles. The van der Waals surface area contributed by atoms with Crippen molar-refractivity contribution in [2.45, 2.75) is 19.3 Å². The Morgan fingerprint density at radius 3 is 2.24 bits per heavy atom. The van der Waals surface area contributed by atoms with Gasteiger partial charge in [-0.3, -0.25) is 10.1 Å². The minimum absolute atomic E-state index is 0.262. The van der Waals surface area contributed by atoms with Crippen LogP contribution in [0.3, 0.4) is 0 Å². The molecular formula is C15H18N2O3S. The summed E-state index contributed by atoms with van der Waals surface area (Å²) < 4.78 is 4.61. The zero-order valence-corrected chi connectivity index (χ0v) is 12.7. The molecule has 0 aromatic heterocycles. The summed E-state index contributed by atoms with van der Waals surface area (Å²) in [7, 11) is 1.32. The van der Waals surface area contributed by atoms with E-state index >= 15 is 0 Å². The van der Waals surface area contributed by atoms with Gasteiger partial charge >= 0.3 is 5.97 Å². The number of nitrogens with zero attached hydrogens (tertiary/aromatic N) is 1. The first-order valence-electron chi connectivity index (χ1n) is 6.90. The number of hydrogen-bond donors (Lipinski definition) is 1. The Balaban J connectivity index is 1.96. The highest BCUT2D eigenvalue weighted by atomic mass is 32.1. The number of likely N-dealkylation sites (tertiary alicyclic amines) is 1. The molecule has 1 heterocycles. The highest BCUT2D eigenvalue weighted by molar-refractivity contribution is 7.80. The second-order valence-electron chi connectivity index (χ2n) is 4.88. The molecule has 0 saturated carbocycles. The van der Waals surface area contributed by atoms with Crippen molar-refractivity contribution in [2.75, 3.05) is 20.2 Å². The van der Waals surface area contributed by atoms with Crippen LogP contribution in [0.25, 0.3) is 0 Å². The lowest BCUT2D eigenvalue weighted by Gasteiger charge is -2.28. The molecule has 0 unspecified atom stereocenters. The Morgan fingerprint density at radius 2 is 1.67 bits per heavy atom. The van der Waals surface area contributed by atoms with Gasteiger partial charge in [0.1, 0.15) is 0 Å². The number of nitrogens with one attached hydrogen (secondary N) is 1. The first-order valence-corrected chi connectivity index (χ1v) is 7.31. The maximum atomic E-state index is 12.1. The number of ether oxygens (including phenoxy) is 1. The van der Waals surface area contributed by atoms with E-state index in [9.17, 15) is 9.59 Å². The van der Waals surface area contributed by atoms with Crippen LogP contribution in [0.1, 0.15) is 40.0 Å². The summed E-state index contributed by atoms with van der Waals surface area (Å²) >= 11 is 5.26. The van der Waals surface area contributed by atoms with E-state index in [1.54, 1.807) is 24.3 Å². The van der Waals surface area contributed by atoms with Gasteiger partial charge in [-0.2, -0.15) is 0 Å². The number of hydrogen-bond acceptors (Lipinski definition) is 4. The smallest absolute Gasteiger partial charge is 0.337 e. The Labute approximate surface area is 129 Å². The Kier molecular flexibility index (Phi) is 5.27. The van der Waals surface area contributed by atoms with E-state index in [0.29, 0.717) is 16.2 Å². The van der Waals surface area contributed by atoms with E-state index in [2.05, 4.69) is 10.1 Å². The molecule has 5 nitrogen and oxygen atoms in total. The van der Waals surface area contributed by atoms with E-state index in [4.69, 9.17) is 12.2 Å². The molecule has 1 N–H and O–H groups in total. The Bertz CT molecular complexity index is 536. The van der Waals surface area contributed by atoms with Gasteiger partial charge in [0.25, 0.3) is 5.91 Å². The maximum Gasteiger partial charge on any atom is 0.337 e. The van der Waals surface area contributed by atoms with Crippen LogP contribution >= 0.6 is 12.2 Å². The largest absolute Gasteiger partial charge is 0.465 e. The highest BCUT2D eigenvalue weighted by Crippen LogP contribution is 2.10. The van der Waals surface area contributed by atoms with Gasteiger partial charge in [-0.15, -0.1) is 0 Å². The molecule has 1 aromatic carbocycles. The van der Waals surface area contributed by atoms with Gasteiger partial charge in [-0.1, -0.05) is 0 Å². The summed E-state index contributed by atoms with van der Waals surface area (Å²) in [6.07, 6.45) is 3.41. The van der Waals surface area contributed by atoms with Gasteiger partial charge in [-0.25, -0.2) is 4.79 Å². The third-order valence-electron chi connectivity index (χ3n) is 3.43. The molecule has 112 valence electrons. The second-order valence-corrected chi connectivity index (χ2v) is 5.26. The average Bonchev–Trinajstić information content (AvgIpc) is 2.55. The lowest BCUT2D eigenvalue weighted by atomic mass is 10.1. The van der Waals surface area contributed by atoms with Gasteiger partial charge in [0.2, 0.25) is 0 Å². The predicted octanol–water partition coefficient (Wildman–Crippen LogP) is 1.97. The van der Waals surface area contributed by atoms with Crippen LogP contribution in [0.15, 0.2) is 24.3 Å². The molecule has 6 heteroatoms. The van der Waals surface area contributed by atoms with Crippen LogP contribution in [-0.4, -0.2) is 42.1 Å². The number of carbonyl (C=O) groups is 2. The number of piperidine rings is 1. The number of methoxy groups -OCH3 is 1. The topological polar surface area (TPSA) is 58.6 Å². The quantitative estimate of drug-likeness (QED) is 0.669. The summed E-state index contributed by atoms with van der Waals surface area (Å²) in [5, 5.41) is 3.20. The van der Waals surface area contributed by atoms with Crippen LogP contribution in [0.4, 0.5) is 0 Å². The summed E-state index contributed by atoms with van der Waals surface area (Å²) in [5.41, 5.74) is 0.870. The number of rotatable bonds is 2. The van der Waals surface area contributed by atoms with Crippen molar-refractivity contribution in [3.05, 3.63) is 35.4 Å². The summed E-state index contributed by atoms with van der Waals surface area (Å²) in [6.45, 7) is 1.78. The highest BCUT2D eigenvalue weighted by Gasteiger charge is 2.16. The SMILES string of the molecule is COC(=O)c1ccc(C(=O)NC(=S)N2CCCCC2)cc1. The molecule has 0 spiro atoms. The van der Waals surface area contributed by atoms with Gasteiger partial charge in [-0.05, 0) is 55.7 Å². The standard InChI is InChI=1S/C15H18N2O3S/c1-20-14(19)12-7-5-11(6-8-12)13(18)16-15(21)17-9-3-2-4-10-17/h5-8H,2-4,9-10H2,1H3,(H,16,18,21). The number of carbonyl (C=O) groups excluding carboxylic acids is 2. The average molecular weight is 306 g/mol. The minimum atomic E-state index is -0.425. The molecule has 0 atom stereocenters. The molecule has 1 amide bonds. The fourth-order valence-corrected chi connectivity index (χ4v) is 2.50. The molecule has 1 aromatic rings. The van der Waals surface area contributed by atoms with Crippen molar-refractivity contribution in [1.29, 1.82) is 0 Å². The molecule has 1 aliphatic rings. The lowest BCUT2D eigenvalue weighted by molar-refractivity contribution is 0.0600. The molecule has 0 bridgehead atoms. The van der Waals surface area contributed by atoms with Crippen molar-refractivity contribution >= 4 is 29.2 Å². The number of thiocarbonyl (C=S) groups is 1. The Hall–Kier alpha value is -1.95. The first kappa shape index (κ1) is 15.4. The van der Waals surface area contributed by atoms with Crippen LogP contribution in [0, 0.1) is 0 Å². The molecule has 2 rings (SSSR count). The fraction of sp³-hybridized carbons (Fsp3) is 0.400. The van der Waals surface area contributed by atoms with E-state index in [1.165, 1.54) is 13.5 Å². The fourth-order valence-electron chi connectivity index (χ4n) is 2.22. The van der Waals surface area contributed by atoms with Gasteiger partial charge in [0, 0.05) is 18.7 Å². The third kappa shape index (κ3) is 4.01.